The van der Waals surface area contributed by atoms with Gasteiger partial charge in [0.1, 0.15) is 11.4 Å². The summed E-state index contributed by atoms with van der Waals surface area (Å²) in [7, 11) is 0. The summed E-state index contributed by atoms with van der Waals surface area (Å²) in [6.45, 7) is 6.84. The number of nitrogens with zero attached hydrogens (tertiary/aromatic N) is 1. The maximum atomic E-state index is 6.36. The number of nitrogens with two attached hydrogens (primary N) is 1. The summed E-state index contributed by atoms with van der Waals surface area (Å²) in [4.78, 5) is 2.45. The first-order valence-corrected chi connectivity index (χ1v) is 8.50. The molecule has 0 aliphatic carbocycles. The zero-order valence-corrected chi connectivity index (χ0v) is 14.1. The van der Waals surface area contributed by atoms with Crippen molar-refractivity contribution in [3.63, 3.8) is 0 Å². The Kier molecular flexibility index (Phi) is 4.58. The lowest BCUT2D eigenvalue weighted by Gasteiger charge is -2.44. The van der Waals surface area contributed by atoms with Gasteiger partial charge in [0.2, 0.25) is 0 Å². The van der Waals surface area contributed by atoms with E-state index in [0.717, 1.165) is 31.7 Å². The molecule has 2 aromatic carbocycles. The average molecular weight is 310 g/mol. The third-order valence-electron chi connectivity index (χ3n) is 4.93. The molecule has 0 bridgehead atoms. The fourth-order valence-corrected chi connectivity index (χ4v) is 3.26. The molecule has 2 aromatic rings. The van der Waals surface area contributed by atoms with Gasteiger partial charge in [0.25, 0.3) is 0 Å². The molecule has 1 aliphatic heterocycles. The first-order valence-electron chi connectivity index (χ1n) is 8.50. The van der Waals surface area contributed by atoms with Crippen LogP contribution in [0, 0.1) is 0 Å². The molecule has 0 radical (unpaired) electrons. The highest BCUT2D eigenvalue weighted by Crippen LogP contribution is 2.40. The summed E-state index contributed by atoms with van der Waals surface area (Å²) >= 11 is 0. The Labute approximate surface area is 139 Å². The van der Waals surface area contributed by atoms with E-state index in [1.165, 1.54) is 16.8 Å². The van der Waals surface area contributed by atoms with Crippen molar-refractivity contribution < 1.29 is 4.74 Å². The number of rotatable bonds is 5. The molecule has 0 fully saturated rings. The normalized spacial score (nSPS) is 15.9. The Bertz CT molecular complexity index is 647. The van der Waals surface area contributed by atoms with E-state index in [1.54, 1.807) is 0 Å². The van der Waals surface area contributed by atoms with Crippen molar-refractivity contribution in [2.75, 3.05) is 11.4 Å². The third kappa shape index (κ3) is 3.20. The highest BCUT2D eigenvalue weighted by atomic mass is 16.5. The molecular weight excluding hydrogens is 284 g/mol. The van der Waals surface area contributed by atoms with Crippen molar-refractivity contribution in [3.05, 3.63) is 59.7 Å². The van der Waals surface area contributed by atoms with Crippen LogP contribution in [0.3, 0.4) is 0 Å². The molecule has 122 valence electrons. The topological polar surface area (TPSA) is 38.5 Å². The maximum Gasteiger partial charge on any atom is 0.143 e. The summed E-state index contributed by atoms with van der Waals surface area (Å²) < 4.78 is 6.36. The maximum absolute atomic E-state index is 6.36. The standard InChI is InChI=1S/C20H26N2O/c1-3-20(4-2)15-22(18-7-5-6-8-19(18)23-20)14-17-11-9-16(13-21)10-12-17/h5-12H,3-4,13-15,21H2,1-2H3. The van der Waals surface area contributed by atoms with E-state index in [2.05, 4.69) is 67.3 Å². The molecule has 0 saturated carbocycles. The number of anilines is 1. The lowest BCUT2D eigenvalue weighted by Crippen LogP contribution is -2.50. The molecule has 3 nitrogen and oxygen atoms in total. The molecule has 1 heterocycles. The predicted octanol–water partition coefficient (Wildman–Crippen LogP) is 4.10. The van der Waals surface area contributed by atoms with Crippen LogP contribution in [-0.4, -0.2) is 12.1 Å². The molecule has 3 heteroatoms. The molecule has 3 rings (SSSR count). The van der Waals surface area contributed by atoms with Gasteiger partial charge in [-0.25, -0.2) is 0 Å². The van der Waals surface area contributed by atoms with Crippen LogP contribution in [-0.2, 0) is 13.1 Å². The second-order valence-corrected chi connectivity index (χ2v) is 6.34. The molecule has 0 spiro atoms. The summed E-state index contributed by atoms with van der Waals surface area (Å²) in [6.07, 6.45) is 2.03. The second-order valence-electron chi connectivity index (χ2n) is 6.34. The van der Waals surface area contributed by atoms with Crippen LogP contribution in [0.25, 0.3) is 0 Å². The minimum absolute atomic E-state index is 0.0917. The Balaban J connectivity index is 1.89. The monoisotopic (exact) mass is 310 g/mol. The molecule has 0 atom stereocenters. The van der Waals surface area contributed by atoms with Crippen LogP contribution in [0.5, 0.6) is 5.75 Å². The van der Waals surface area contributed by atoms with Crippen molar-refractivity contribution in [2.24, 2.45) is 5.73 Å². The Morgan fingerprint density at radius 1 is 1.00 bits per heavy atom. The minimum Gasteiger partial charge on any atom is -0.483 e. The molecule has 1 aliphatic rings. The summed E-state index contributed by atoms with van der Waals surface area (Å²) in [5, 5.41) is 0. The Morgan fingerprint density at radius 2 is 1.65 bits per heavy atom. The number of fused-ring (bicyclic) bond motifs is 1. The van der Waals surface area contributed by atoms with Crippen molar-refractivity contribution >= 4 is 5.69 Å². The van der Waals surface area contributed by atoms with Crippen LogP contribution in [0.2, 0.25) is 0 Å². The van der Waals surface area contributed by atoms with Gasteiger partial charge in [-0.05, 0) is 36.1 Å². The third-order valence-corrected chi connectivity index (χ3v) is 4.93. The van der Waals surface area contributed by atoms with Crippen molar-refractivity contribution in [1.29, 1.82) is 0 Å². The van der Waals surface area contributed by atoms with Gasteiger partial charge < -0.3 is 15.4 Å². The predicted molar refractivity (Wildman–Crippen MR) is 95.8 cm³/mol. The van der Waals surface area contributed by atoms with E-state index >= 15 is 0 Å². The van der Waals surface area contributed by atoms with Gasteiger partial charge in [0, 0.05) is 13.1 Å². The van der Waals surface area contributed by atoms with Gasteiger partial charge in [-0.3, -0.25) is 0 Å². The number of benzene rings is 2. The fraction of sp³-hybridized carbons (Fsp3) is 0.400. The summed E-state index contributed by atoms with van der Waals surface area (Å²) in [6, 6.07) is 17.0. The summed E-state index contributed by atoms with van der Waals surface area (Å²) in [5.74, 6) is 1.00. The van der Waals surface area contributed by atoms with Gasteiger partial charge in [0.15, 0.2) is 0 Å². The number of hydrogen-bond acceptors (Lipinski definition) is 3. The SMILES string of the molecule is CCC1(CC)CN(Cc2ccc(CN)cc2)c2ccccc2O1. The van der Waals surface area contributed by atoms with Gasteiger partial charge in [0.05, 0.1) is 12.2 Å². The van der Waals surface area contributed by atoms with Crippen LogP contribution >= 0.6 is 0 Å². The van der Waals surface area contributed by atoms with E-state index in [0.29, 0.717) is 6.54 Å². The van der Waals surface area contributed by atoms with Crippen LogP contribution in [0.15, 0.2) is 48.5 Å². The smallest absolute Gasteiger partial charge is 0.143 e. The first kappa shape index (κ1) is 15.9. The van der Waals surface area contributed by atoms with Crippen molar-refractivity contribution in [2.45, 2.75) is 45.4 Å². The van der Waals surface area contributed by atoms with Crippen LogP contribution in [0.1, 0.15) is 37.8 Å². The number of hydrogen-bond donors (Lipinski definition) is 1. The van der Waals surface area contributed by atoms with Crippen LogP contribution in [0.4, 0.5) is 5.69 Å². The second kappa shape index (κ2) is 6.63. The highest BCUT2D eigenvalue weighted by Gasteiger charge is 2.36. The van der Waals surface area contributed by atoms with E-state index in [4.69, 9.17) is 10.5 Å². The molecular formula is C20H26N2O. The number of para-hydroxylation sites is 2. The lowest BCUT2D eigenvalue weighted by molar-refractivity contribution is 0.0570. The molecule has 0 unspecified atom stereocenters. The molecule has 0 aromatic heterocycles. The van der Waals surface area contributed by atoms with Crippen molar-refractivity contribution in [1.82, 2.24) is 0 Å². The Hall–Kier alpha value is -2.00. The molecule has 2 N–H and O–H groups in total. The van der Waals surface area contributed by atoms with E-state index in [1.807, 2.05) is 0 Å². The van der Waals surface area contributed by atoms with Gasteiger partial charge in [-0.1, -0.05) is 50.2 Å². The van der Waals surface area contributed by atoms with E-state index in [9.17, 15) is 0 Å². The zero-order valence-electron chi connectivity index (χ0n) is 14.1. The molecule has 0 saturated heterocycles. The van der Waals surface area contributed by atoms with Gasteiger partial charge in [-0.15, -0.1) is 0 Å². The number of ether oxygens (including phenoxy) is 1. The fourth-order valence-electron chi connectivity index (χ4n) is 3.26. The Morgan fingerprint density at radius 3 is 2.30 bits per heavy atom. The van der Waals surface area contributed by atoms with E-state index in [-0.39, 0.29) is 5.60 Å². The average Bonchev–Trinajstić information content (AvgIpc) is 2.62. The molecule has 23 heavy (non-hydrogen) atoms. The highest BCUT2D eigenvalue weighted by molar-refractivity contribution is 5.61. The first-order chi connectivity index (χ1) is 11.2. The van der Waals surface area contributed by atoms with Crippen LogP contribution < -0.4 is 15.4 Å². The summed E-state index contributed by atoms with van der Waals surface area (Å²) in [5.41, 5.74) is 9.27. The largest absolute Gasteiger partial charge is 0.483 e. The van der Waals surface area contributed by atoms with Crippen molar-refractivity contribution in [3.8, 4) is 5.75 Å². The van der Waals surface area contributed by atoms with E-state index < -0.39 is 0 Å². The zero-order chi connectivity index (χ0) is 16.3. The van der Waals surface area contributed by atoms with Gasteiger partial charge >= 0.3 is 0 Å². The minimum atomic E-state index is -0.0917. The quantitative estimate of drug-likeness (QED) is 0.903. The lowest BCUT2D eigenvalue weighted by atomic mass is 9.93. The van der Waals surface area contributed by atoms with Gasteiger partial charge in [-0.2, -0.15) is 0 Å². The molecule has 0 amide bonds.